The number of aryl methyl sites for hydroxylation is 1. The number of benzene rings is 1. The van der Waals surface area contributed by atoms with Gasteiger partial charge in [0.2, 0.25) is 5.91 Å². The molecule has 1 aromatic carbocycles. The Morgan fingerprint density at radius 2 is 2.12 bits per heavy atom. The average molecular weight is 216 g/mol. The molecule has 0 aromatic heterocycles. The lowest BCUT2D eigenvalue weighted by Gasteiger charge is -1.98. The van der Waals surface area contributed by atoms with Crippen LogP contribution < -0.4 is 5.43 Å². The molecule has 0 heterocycles. The van der Waals surface area contributed by atoms with Crippen molar-refractivity contribution in [2.45, 2.75) is 26.2 Å². The zero-order chi connectivity index (χ0) is 11.4. The van der Waals surface area contributed by atoms with Gasteiger partial charge < -0.3 is 0 Å². The van der Waals surface area contributed by atoms with Gasteiger partial charge in [0.25, 0.3) is 0 Å². The van der Waals surface area contributed by atoms with Gasteiger partial charge in [-0.25, -0.2) is 5.43 Å². The maximum absolute atomic E-state index is 11.3. The molecule has 1 aromatic rings. The monoisotopic (exact) mass is 216 g/mol. The van der Waals surface area contributed by atoms with Crippen LogP contribution in [0.3, 0.4) is 0 Å². The molecule has 1 fully saturated rings. The van der Waals surface area contributed by atoms with E-state index in [-0.39, 0.29) is 11.8 Å². The zero-order valence-corrected chi connectivity index (χ0v) is 9.44. The number of amides is 1. The first-order valence-corrected chi connectivity index (χ1v) is 5.71. The maximum atomic E-state index is 11.3. The molecule has 0 spiro atoms. The molecule has 0 bridgehead atoms. The quantitative estimate of drug-likeness (QED) is 0.608. The molecule has 0 atom stereocenters. The van der Waals surface area contributed by atoms with E-state index in [0.717, 1.165) is 24.8 Å². The minimum absolute atomic E-state index is 0.0430. The van der Waals surface area contributed by atoms with Crippen LogP contribution in [0.25, 0.3) is 0 Å². The Morgan fingerprint density at radius 1 is 1.44 bits per heavy atom. The van der Waals surface area contributed by atoms with Crippen LogP contribution in [0.1, 0.15) is 30.9 Å². The molecule has 0 saturated heterocycles. The molecule has 1 N–H and O–H groups in total. The number of hydrogen-bond donors (Lipinski definition) is 1. The largest absolute Gasteiger partial charge is 0.273 e. The fourth-order valence-electron chi connectivity index (χ4n) is 1.45. The molecule has 1 aliphatic rings. The lowest BCUT2D eigenvalue weighted by molar-refractivity contribution is -0.122. The molecule has 2 rings (SSSR count). The second kappa shape index (κ2) is 4.92. The van der Waals surface area contributed by atoms with E-state index in [4.69, 9.17) is 0 Å². The molecule has 3 heteroatoms. The summed E-state index contributed by atoms with van der Waals surface area (Å²) in [6.45, 7) is 2.12. The van der Waals surface area contributed by atoms with Crippen molar-refractivity contribution >= 4 is 12.1 Å². The Bertz CT molecular complexity index is 391. The van der Waals surface area contributed by atoms with Gasteiger partial charge in [-0.05, 0) is 30.4 Å². The van der Waals surface area contributed by atoms with E-state index >= 15 is 0 Å². The Labute approximate surface area is 95.6 Å². The Kier molecular flexibility index (Phi) is 3.34. The van der Waals surface area contributed by atoms with E-state index in [1.54, 1.807) is 6.21 Å². The van der Waals surface area contributed by atoms with Gasteiger partial charge in [-0.1, -0.05) is 31.2 Å². The second-order valence-electron chi connectivity index (χ2n) is 4.10. The normalized spacial score (nSPS) is 15.3. The van der Waals surface area contributed by atoms with Gasteiger partial charge in [0, 0.05) is 5.92 Å². The van der Waals surface area contributed by atoms with Crippen LogP contribution in [-0.4, -0.2) is 12.1 Å². The summed E-state index contributed by atoms with van der Waals surface area (Å²) >= 11 is 0. The average Bonchev–Trinajstić information content (AvgIpc) is 3.14. The second-order valence-corrected chi connectivity index (χ2v) is 4.10. The third kappa shape index (κ3) is 2.92. The van der Waals surface area contributed by atoms with Crippen molar-refractivity contribution < 1.29 is 4.79 Å². The van der Waals surface area contributed by atoms with Crippen LogP contribution >= 0.6 is 0 Å². The number of hydrogen-bond acceptors (Lipinski definition) is 2. The van der Waals surface area contributed by atoms with E-state index < -0.39 is 0 Å². The van der Waals surface area contributed by atoms with Crippen molar-refractivity contribution in [3.05, 3.63) is 35.4 Å². The molecule has 1 amide bonds. The summed E-state index contributed by atoms with van der Waals surface area (Å²) in [6.07, 6.45) is 4.73. The predicted octanol–water partition coefficient (Wildman–Crippen LogP) is 2.11. The summed E-state index contributed by atoms with van der Waals surface area (Å²) in [6, 6.07) is 8.16. The summed E-state index contributed by atoms with van der Waals surface area (Å²) in [5.74, 6) is 0.251. The minimum Gasteiger partial charge on any atom is -0.273 e. The highest BCUT2D eigenvalue weighted by atomic mass is 16.2. The highest BCUT2D eigenvalue weighted by Crippen LogP contribution is 2.28. The van der Waals surface area contributed by atoms with Crippen molar-refractivity contribution in [2.75, 3.05) is 0 Å². The van der Waals surface area contributed by atoms with Crippen molar-refractivity contribution in [2.24, 2.45) is 11.0 Å². The van der Waals surface area contributed by atoms with Crippen LogP contribution in [0.15, 0.2) is 29.4 Å². The van der Waals surface area contributed by atoms with E-state index in [0.29, 0.717) is 0 Å². The van der Waals surface area contributed by atoms with E-state index in [1.165, 1.54) is 5.56 Å². The first-order chi connectivity index (χ1) is 7.79. The zero-order valence-electron chi connectivity index (χ0n) is 9.44. The van der Waals surface area contributed by atoms with Gasteiger partial charge in [-0.3, -0.25) is 4.79 Å². The molecule has 0 radical (unpaired) electrons. The number of nitrogens with one attached hydrogen (secondary N) is 1. The van der Waals surface area contributed by atoms with E-state index in [1.807, 2.05) is 12.1 Å². The molecule has 0 aliphatic heterocycles. The highest BCUT2D eigenvalue weighted by molar-refractivity contribution is 5.84. The number of hydrazone groups is 1. The summed E-state index contributed by atoms with van der Waals surface area (Å²) < 4.78 is 0. The SMILES string of the molecule is CCc1ccc(/C=N\NC(=O)C2CC2)cc1. The molecule has 3 nitrogen and oxygen atoms in total. The van der Waals surface area contributed by atoms with Gasteiger partial charge in [0.1, 0.15) is 0 Å². The number of rotatable bonds is 4. The Hall–Kier alpha value is -1.64. The molecule has 16 heavy (non-hydrogen) atoms. The Balaban J connectivity index is 1.87. The molecule has 0 unspecified atom stereocenters. The van der Waals surface area contributed by atoms with Crippen molar-refractivity contribution in [1.82, 2.24) is 5.43 Å². The third-order valence-electron chi connectivity index (χ3n) is 2.72. The smallest absolute Gasteiger partial charge is 0.243 e. The standard InChI is InChI=1S/C13H16N2O/c1-2-10-3-5-11(6-4-10)9-14-15-13(16)12-7-8-12/h3-6,9,12H,2,7-8H2,1H3,(H,15,16)/b14-9-. The van der Waals surface area contributed by atoms with Gasteiger partial charge in [-0.2, -0.15) is 5.10 Å². The van der Waals surface area contributed by atoms with Crippen LogP contribution in [0.2, 0.25) is 0 Å². The van der Waals surface area contributed by atoms with Crippen LogP contribution in [-0.2, 0) is 11.2 Å². The minimum atomic E-state index is 0.0430. The number of nitrogens with zero attached hydrogens (tertiary/aromatic N) is 1. The van der Waals surface area contributed by atoms with Gasteiger partial charge in [0.05, 0.1) is 6.21 Å². The molecule has 1 saturated carbocycles. The molecular formula is C13H16N2O. The Morgan fingerprint density at radius 3 is 2.69 bits per heavy atom. The lowest BCUT2D eigenvalue weighted by Crippen LogP contribution is -2.18. The molecular weight excluding hydrogens is 200 g/mol. The van der Waals surface area contributed by atoms with Gasteiger partial charge >= 0.3 is 0 Å². The molecule has 1 aliphatic carbocycles. The fraction of sp³-hybridized carbons (Fsp3) is 0.385. The van der Waals surface area contributed by atoms with Gasteiger partial charge in [0.15, 0.2) is 0 Å². The van der Waals surface area contributed by atoms with Crippen LogP contribution in [0.5, 0.6) is 0 Å². The predicted molar refractivity (Wildman–Crippen MR) is 64.3 cm³/mol. The van der Waals surface area contributed by atoms with Crippen LogP contribution in [0, 0.1) is 5.92 Å². The van der Waals surface area contributed by atoms with Crippen molar-refractivity contribution in [1.29, 1.82) is 0 Å². The van der Waals surface area contributed by atoms with E-state index in [2.05, 4.69) is 29.6 Å². The number of carbonyl (C=O) groups excluding carboxylic acids is 1. The molecule has 84 valence electrons. The van der Waals surface area contributed by atoms with Gasteiger partial charge in [-0.15, -0.1) is 0 Å². The van der Waals surface area contributed by atoms with E-state index in [9.17, 15) is 4.79 Å². The summed E-state index contributed by atoms with van der Waals surface area (Å²) in [7, 11) is 0. The van der Waals surface area contributed by atoms with Crippen LogP contribution in [0.4, 0.5) is 0 Å². The lowest BCUT2D eigenvalue weighted by atomic mass is 10.1. The summed E-state index contributed by atoms with van der Waals surface area (Å²) in [4.78, 5) is 11.3. The third-order valence-corrected chi connectivity index (χ3v) is 2.72. The number of carbonyl (C=O) groups is 1. The fourth-order valence-corrected chi connectivity index (χ4v) is 1.45. The summed E-state index contributed by atoms with van der Waals surface area (Å²) in [5, 5.41) is 3.93. The van der Waals surface area contributed by atoms with Crippen molar-refractivity contribution in [3.8, 4) is 0 Å². The topological polar surface area (TPSA) is 41.5 Å². The van der Waals surface area contributed by atoms with Crippen molar-refractivity contribution in [3.63, 3.8) is 0 Å². The first kappa shape index (κ1) is 10.9. The highest BCUT2D eigenvalue weighted by Gasteiger charge is 2.29. The summed E-state index contributed by atoms with van der Waals surface area (Å²) in [5.41, 5.74) is 4.86. The first-order valence-electron chi connectivity index (χ1n) is 5.71. The maximum Gasteiger partial charge on any atom is 0.243 e.